The summed E-state index contributed by atoms with van der Waals surface area (Å²) in [5.74, 6) is -1.22. The van der Waals surface area contributed by atoms with Crippen molar-refractivity contribution in [1.82, 2.24) is 4.98 Å². The van der Waals surface area contributed by atoms with Gasteiger partial charge in [-0.1, -0.05) is 0 Å². The zero-order chi connectivity index (χ0) is 11.6. The van der Waals surface area contributed by atoms with Gasteiger partial charge in [0.05, 0.1) is 34.0 Å². The maximum absolute atomic E-state index is 12.6. The molecule has 0 aromatic carbocycles. The van der Waals surface area contributed by atoms with Gasteiger partial charge in [0.2, 0.25) is 0 Å². The third-order valence-corrected chi connectivity index (χ3v) is 2.58. The lowest BCUT2D eigenvalue weighted by Gasteiger charge is -2.10. The molecule has 0 radical (unpaired) electrons. The van der Waals surface area contributed by atoms with Crippen molar-refractivity contribution in [1.29, 1.82) is 0 Å². The summed E-state index contributed by atoms with van der Waals surface area (Å²) in [7, 11) is 0. The molecule has 0 saturated carbocycles. The van der Waals surface area contributed by atoms with Gasteiger partial charge in [0.1, 0.15) is 0 Å². The number of nitrogens with two attached hydrogens (primary N) is 1. The first-order valence-corrected chi connectivity index (χ1v) is 4.65. The van der Waals surface area contributed by atoms with Gasteiger partial charge in [0, 0.05) is 0 Å². The Bertz CT molecular complexity index is 398. The molecular formula is C8H7BrF2N2O2. The summed E-state index contributed by atoms with van der Waals surface area (Å²) in [6, 6.07) is 0. The molecule has 0 atom stereocenters. The minimum Gasteiger partial charge on any atom is -0.481 e. The summed E-state index contributed by atoms with van der Waals surface area (Å²) in [6.07, 6.45) is -2.23. The smallest absolute Gasteiger partial charge is 0.309 e. The number of carbonyl (C=O) groups is 1. The molecule has 7 heteroatoms. The Hall–Kier alpha value is -1.24. The molecule has 0 bridgehead atoms. The van der Waals surface area contributed by atoms with E-state index in [4.69, 9.17) is 10.8 Å². The van der Waals surface area contributed by atoms with Gasteiger partial charge < -0.3 is 10.8 Å². The Morgan fingerprint density at radius 2 is 2.27 bits per heavy atom. The number of nitrogens with zero attached hydrogens (tertiary/aromatic N) is 1. The minimum atomic E-state index is -2.82. The lowest BCUT2D eigenvalue weighted by atomic mass is 10.1. The van der Waals surface area contributed by atoms with Crippen LogP contribution in [0.3, 0.4) is 0 Å². The molecule has 0 saturated heterocycles. The maximum atomic E-state index is 12.6. The molecule has 1 rings (SSSR count). The summed E-state index contributed by atoms with van der Waals surface area (Å²) >= 11 is 2.88. The first-order chi connectivity index (χ1) is 6.93. The van der Waals surface area contributed by atoms with Gasteiger partial charge in [-0.3, -0.25) is 9.78 Å². The van der Waals surface area contributed by atoms with Crippen LogP contribution in [-0.4, -0.2) is 16.1 Å². The van der Waals surface area contributed by atoms with Crippen LogP contribution in [0.15, 0.2) is 10.7 Å². The molecule has 1 heterocycles. The lowest BCUT2D eigenvalue weighted by molar-refractivity contribution is -0.136. The van der Waals surface area contributed by atoms with Crippen molar-refractivity contribution in [2.24, 2.45) is 0 Å². The third kappa shape index (κ3) is 2.62. The van der Waals surface area contributed by atoms with E-state index in [0.29, 0.717) is 0 Å². The number of hydrogen-bond acceptors (Lipinski definition) is 3. The van der Waals surface area contributed by atoms with Gasteiger partial charge in [-0.15, -0.1) is 0 Å². The molecule has 0 unspecified atom stereocenters. The number of aromatic nitrogens is 1. The van der Waals surface area contributed by atoms with Crippen LogP contribution >= 0.6 is 15.9 Å². The molecule has 82 valence electrons. The van der Waals surface area contributed by atoms with Crippen molar-refractivity contribution in [2.75, 3.05) is 5.73 Å². The highest BCUT2D eigenvalue weighted by Crippen LogP contribution is 2.33. The molecule has 1 aromatic heterocycles. The van der Waals surface area contributed by atoms with E-state index in [1.54, 1.807) is 0 Å². The quantitative estimate of drug-likeness (QED) is 0.888. The second kappa shape index (κ2) is 4.52. The number of nitrogen functional groups attached to an aromatic ring is 1. The standard InChI is InChI=1S/C8H7BrF2N2O2/c9-7-3(12)2-13-4(1-5(14)15)6(7)8(10)11/h2,8H,1,12H2,(H,14,15). The van der Waals surface area contributed by atoms with Crippen LogP contribution < -0.4 is 5.73 Å². The van der Waals surface area contributed by atoms with E-state index in [1.165, 1.54) is 0 Å². The Morgan fingerprint density at radius 3 is 2.73 bits per heavy atom. The summed E-state index contributed by atoms with van der Waals surface area (Å²) in [5.41, 5.74) is 4.78. The largest absolute Gasteiger partial charge is 0.481 e. The summed E-state index contributed by atoms with van der Waals surface area (Å²) in [4.78, 5) is 14.0. The van der Waals surface area contributed by atoms with Crippen LogP contribution in [0.5, 0.6) is 0 Å². The van der Waals surface area contributed by atoms with E-state index in [0.717, 1.165) is 6.20 Å². The summed E-state index contributed by atoms with van der Waals surface area (Å²) in [6.45, 7) is 0. The number of hydrogen-bond donors (Lipinski definition) is 2. The minimum absolute atomic E-state index is 0.00347. The van der Waals surface area contributed by atoms with Crippen LogP contribution in [-0.2, 0) is 11.2 Å². The van der Waals surface area contributed by atoms with Gasteiger partial charge in [-0.25, -0.2) is 8.78 Å². The Morgan fingerprint density at radius 1 is 1.67 bits per heavy atom. The second-order valence-electron chi connectivity index (χ2n) is 2.76. The predicted octanol–water partition coefficient (Wildman–Crippen LogP) is 1.99. The van der Waals surface area contributed by atoms with Gasteiger partial charge in [-0.2, -0.15) is 0 Å². The van der Waals surface area contributed by atoms with Gasteiger partial charge in [0.25, 0.3) is 6.43 Å². The number of carboxylic acid groups (broad SMARTS) is 1. The Kier molecular flexibility index (Phi) is 3.57. The molecule has 0 amide bonds. The van der Waals surface area contributed by atoms with Crippen molar-refractivity contribution in [2.45, 2.75) is 12.8 Å². The van der Waals surface area contributed by atoms with E-state index in [2.05, 4.69) is 20.9 Å². The number of carboxylic acids is 1. The van der Waals surface area contributed by atoms with Gasteiger partial charge >= 0.3 is 5.97 Å². The highest BCUT2D eigenvalue weighted by Gasteiger charge is 2.21. The molecule has 0 fully saturated rings. The van der Waals surface area contributed by atoms with Crippen LogP contribution in [0, 0.1) is 0 Å². The molecule has 4 nitrogen and oxygen atoms in total. The maximum Gasteiger partial charge on any atom is 0.309 e. The number of aliphatic carboxylic acids is 1. The van der Waals surface area contributed by atoms with E-state index in [9.17, 15) is 13.6 Å². The van der Waals surface area contributed by atoms with Crippen molar-refractivity contribution >= 4 is 27.6 Å². The van der Waals surface area contributed by atoms with Crippen molar-refractivity contribution in [3.05, 3.63) is 21.9 Å². The van der Waals surface area contributed by atoms with Crippen molar-refractivity contribution < 1.29 is 18.7 Å². The highest BCUT2D eigenvalue weighted by atomic mass is 79.9. The molecule has 1 aromatic rings. The van der Waals surface area contributed by atoms with Crippen LogP contribution in [0.1, 0.15) is 17.7 Å². The average Bonchev–Trinajstić information content (AvgIpc) is 2.10. The van der Waals surface area contributed by atoms with Crippen LogP contribution in [0.4, 0.5) is 14.5 Å². The molecule has 3 N–H and O–H groups in total. The number of pyridine rings is 1. The van der Waals surface area contributed by atoms with Crippen LogP contribution in [0.25, 0.3) is 0 Å². The zero-order valence-corrected chi connectivity index (χ0v) is 8.96. The lowest BCUT2D eigenvalue weighted by Crippen LogP contribution is -2.08. The number of halogens is 3. The van der Waals surface area contributed by atoms with E-state index in [-0.39, 0.29) is 15.9 Å². The van der Waals surface area contributed by atoms with E-state index < -0.39 is 24.4 Å². The Labute approximate surface area is 92.2 Å². The third-order valence-electron chi connectivity index (χ3n) is 1.70. The van der Waals surface area contributed by atoms with Gasteiger partial charge in [0.15, 0.2) is 0 Å². The van der Waals surface area contributed by atoms with E-state index in [1.807, 2.05) is 0 Å². The molecule has 0 aliphatic rings. The van der Waals surface area contributed by atoms with Gasteiger partial charge in [-0.05, 0) is 15.9 Å². The first-order valence-electron chi connectivity index (χ1n) is 3.86. The number of anilines is 1. The molecule has 0 spiro atoms. The zero-order valence-electron chi connectivity index (χ0n) is 7.38. The average molecular weight is 281 g/mol. The fraction of sp³-hybridized carbons (Fsp3) is 0.250. The predicted molar refractivity (Wildman–Crippen MR) is 52.6 cm³/mol. The topological polar surface area (TPSA) is 76.2 Å². The molecule has 0 aliphatic heterocycles. The van der Waals surface area contributed by atoms with E-state index >= 15 is 0 Å². The number of rotatable bonds is 3. The van der Waals surface area contributed by atoms with Crippen molar-refractivity contribution in [3.63, 3.8) is 0 Å². The molecular weight excluding hydrogens is 274 g/mol. The molecule has 15 heavy (non-hydrogen) atoms. The highest BCUT2D eigenvalue weighted by molar-refractivity contribution is 9.10. The SMILES string of the molecule is Nc1cnc(CC(=O)O)c(C(F)F)c1Br. The fourth-order valence-corrected chi connectivity index (χ4v) is 1.57. The monoisotopic (exact) mass is 280 g/mol. The fourth-order valence-electron chi connectivity index (χ4n) is 1.06. The van der Waals surface area contributed by atoms with Crippen LogP contribution in [0.2, 0.25) is 0 Å². The first kappa shape index (κ1) is 11.8. The summed E-state index contributed by atoms with van der Waals surface area (Å²) in [5, 5.41) is 8.50. The van der Waals surface area contributed by atoms with Crippen molar-refractivity contribution in [3.8, 4) is 0 Å². The summed E-state index contributed by atoms with van der Waals surface area (Å²) < 4.78 is 25.2. The Balaban J connectivity index is 3.26. The number of alkyl halides is 2. The second-order valence-corrected chi connectivity index (χ2v) is 3.55. The molecule has 0 aliphatic carbocycles. The normalized spacial score (nSPS) is 10.7.